The van der Waals surface area contributed by atoms with Crippen LogP contribution in [0.15, 0.2) is 16.5 Å². The van der Waals surface area contributed by atoms with Crippen LogP contribution in [-0.2, 0) is 9.59 Å². The lowest BCUT2D eigenvalue weighted by Gasteiger charge is -1.94. The molecule has 0 unspecified atom stereocenters. The van der Waals surface area contributed by atoms with Crippen molar-refractivity contribution in [3.8, 4) is 0 Å². The fourth-order valence-corrected chi connectivity index (χ4v) is 1.03. The minimum atomic E-state index is -1.10. The summed E-state index contributed by atoms with van der Waals surface area (Å²) in [4.78, 5) is 32.7. The second-order valence-corrected chi connectivity index (χ2v) is 3.06. The third-order valence-electron chi connectivity index (χ3n) is 1.78. The number of rotatable bonds is 5. The monoisotopic (exact) mass is 210 g/mol. The van der Waals surface area contributed by atoms with Crippen molar-refractivity contribution >= 4 is 17.5 Å². The van der Waals surface area contributed by atoms with Crippen molar-refractivity contribution < 1.29 is 23.9 Å². The number of hydrogen-bond donors (Lipinski definition) is 1. The largest absolute Gasteiger partial charge is 0.481 e. The Labute approximate surface area is 85.7 Å². The molecule has 0 radical (unpaired) electrons. The molecule has 0 spiro atoms. The fraction of sp³-hybridized carbons (Fsp3) is 0.300. The lowest BCUT2D eigenvalue weighted by molar-refractivity contribution is -0.138. The molecule has 1 aromatic rings. The van der Waals surface area contributed by atoms with E-state index in [2.05, 4.69) is 0 Å². The van der Waals surface area contributed by atoms with Gasteiger partial charge in [0.15, 0.2) is 5.76 Å². The lowest BCUT2D eigenvalue weighted by atomic mass is 10.1. The van der Waals surface area contributed by atoms with E-state index in [9.17, 15) is 14.4 Å². The number of carboxylic acids is 1. The maximum Gasteiger partial charge on any atom is 0.303 e. The van der Waals surface area contributed by atoms with Crippen LogP contribution in [0.25, 0.3) is 0 Å². The first-order valence-corrected chi connectivity index (χ1v) is 4.36. The highest BCUT2D eigenvalue weighted by molar-refractivity contribution is 6.43. The normalized spacial score (nSPS) is 9.93. The van der Waals surface area contributed by atoms with Crippen molar-refractivity contribution in [3.05, 3.63) is 23.7 Å². The second kappa shape index (κ2) is 4.54. The van der Waals surface area contributed by atoms with Crippen LogP contribution >= 0.6 is 0 Å². The average Bonchev–Trinajstić information content (AvgIpc) is 2.60. The van der Waals surface area contributed by atoms with E-state index in [1.807, 2.05) is 0 Å². The maximum absolute atomic E-state index is 11.3. The van der Waals surface area contributed by atoms with Crippen LogP contribution in [0.1, 0.15) is 29.2 Å². The third-order valence-corrected chi connectivity index (χ3v) is 1.78. The predicted octanol–water partition coefficient (Wildman–Crippen LogP) is 1.20. The Morgan fingerprint density at radius 1 is 1.27 bits per heavy atom. The first-order chi connectivity index (χ1) is 7.00. The zero-order valence-corrected chi connectivity index (χ0v) is 8.15. The predicted molar refractivity (Wildman–Crippen MR) is 49.7 cm³/mol. The third kappa shape index (κ3) is 3.05. The number of hydrogen-bond acceptors (Lipinski definition) is 4. The van der Waals surface area contributed by atoms with Gasteiger partial charge in [-0.1, -0.05) is 0 Å². The number of aliphatic carboxylic acids is 1. The van der Waals surface area contributed by atoms with Crippen molar-refractivity contribution in [2.24, 2.45) is 0 Å². The highest BCUT2D eigenvalue weighted by Gasteiger charge is 2.19. The standard InChI is InChI=1S/C10H10O5/c1-6-2-4-8(15-6)10(14)7(11)3-5-9(12)13/h2,4H,3,5H2,1H3,(H,12,13). The minimum Gasteiger partial charge on any atom is -0.481 e. The van der Waals surface area contributed by atoms with Crippen LogP contribution in [0.3, 0.4) is 0 Å². The van der Waals surface area contributed by atoms with Crippen LogP contribution in [0.2, 0.25) is 0 Å². The molecule has 0 aliphatic rings. The van der Waals surface area contributed by atoms with E-state index in [4.69, 9.17) is 9.52 Å². The van der Waals surface area contributed by atoms with Gasteiger partial charge in [0.1, 0.15) is 5.76 Å². The maximum atomic E-state index is 11.3. The lowest BCUT2D eigenvalue weighted by Crippen LogP contribution is -2.14. The van der Waals surface area contributed by atoms with E-state index in [1.54, 1.807) is 13.0 Å². The smallest absolute Gasteiger partial charge is 0.303 e. The Hall–Kier alpha value is -1.91. The Kier molecular flexibility index (Phi) is 3.38. The van der Waals surface area contributed by atoms with E-state index in [0.717, 1.165) is 0 Å². The van der Waals surface area contributed by atoms with Gasteiger partial charge in [0.2, 0.25) is 5.78 Å². The van der Waals surface area contributed by atoms with Crippen LogP contribution in [0, 0.1) is 6.92 Å². The Bertz CT molecular complexity index is 402. The summed E-state index contributed by atoms with van der Waals surface area (Å²) in [6.07, 6.45) is -0.641. The zero-order chi connectivity index (χ0) is 11.4. The van der Waals surface area contributed by atoms with Gasteiger partial charge in [-0.2, -0.15) is 0 Å². The molecule has 0 aliphatic heterocycles. The number of aryl methyl sites for hydroxylation is 1. The summed E-state index contributed by atoms with van der Waals surface area (Å²) in [7, 11) is 0. The molecule has 0 saturated carbocycles. The highest BCUT2D eigenvalue weighted by atomic mass is 16.4. The van der Waals surface area contributed by atoms with E-state index in [0.29, 0.717) is 5.76 Å². The molecule has 0 fully saturated rings. The molecule has 0 bridgehead atoms. The van der Waals surface area contributed by atoms with Gasteiger partial charge in [-0.25, -0.2) is 0 Å². The van der Waals surface area contributed by atoms with Gasteiger partial charge < -0.3 is 9.52 Å². The molecule has 0 atom stereocenters. The number of Topliss-reactive ketones (excluding diaryl/α,β-unsaturated/α-hetero) is 2. The summed E-state index contributed by atoms with van der Waals surface area (Å²) in [6, 6.07) is 2.97. The van der Waals surface area contributed by atoms with Gasteiger partial charge in [-0.15, -0.1) is 0 Å². The number of furan rings is 1. The van der Waals surface area contributed by atoms with E-state index >= 15 is 0 Å². The van der Waals surface area contributed by atoms with Gasteiger partial charge in [-0.3, -0.25) is 14.4 Å². The average molecular weight is 210 g/mol. The van der Waals surface area contributed by atoms with Gasteiger partial charge in [-0.05, 0) is 19.1 Å². The summed E-state index contributed by atoms with van der Waals surface area (Å²) in [5.41, 5.74) is 0. The zero-order valence-electron chi connectivity index (χ0n) is 8.15. The first kappa shape index (κ1) is 11.2. The van der Waals surface area contributed by atoms with Gasteiger partial charge in [0, 0.05) is 6.42 Å². The van der Waals surface area contributed by atoms with Crippen LogP contribution in [0.4, 0.5) is 0 Å². The Morgan fingerprint density at radius 3 is 2.40 bits per heavy atom. The van der Waals surface area contributed by atoms with Crippen molar-refractivity contribution in [1.29, 1.82) is 0 Å². The number of carbonyl (C=O) groups is 3. The number of carbonyl (C=O) groups excluding carboxylic acids is 2. The molecular weight excluding hydrogens is 200 g/mol. The van der Waals surface area contributed by atoms with E-state index in [-0.39, 0.29) is 18.6 Å². The van der Waals surface area contributed by atoms with Gasteiger partial charge in [0.25, 0.3) is 5.78 Å². The van der Waals surface area contributed by atoms with Gasteiger partial charge >= 0.3 is 5.97 Å². The molecule has 80 valence electrons. The van der Waals surface area contributed by atoms with Crippen LogP contribution in [0.5, 0.6) is 0 Å². The Morgan fingerprint density at radius 2 is 1.93 bits per heavy atom. The fourth-order valence-electron chi connectivity index (χ4n) is 1.03. The van der Waals surface area contributed by atoms with Crippen molar-refractivity contribution in [3.63, 3.8) is 0 Å². The summed E-state index contributed by atoms with van der Waals surface area (Å²) >= 11 is 0. The van der Waals surface area contributed by atoms with Crippen LogP contribution in [-0.4, -0.2) is 22.6 Å². The molecule has 5 nitrogen and oxygen atoms in total. The molecule has 0 aromatic carbocycles. The first-order valence-electron chi connectivity index (χ1n) is 4.36. The molecule has 0 saturated heterocycles. The molecule has 0 amide bonds. The van der Waals surface area contributed by atoms with Crippen molar-refractivity contribution in [2.75, 3.05) is 0 Å². The molecule has 1 rings (SSSR count). The van der Waals surface area contributed by atoms with Gasteiger partial charge in [0.05, 0.1) is 6.42 Å². The molecule has 1 N–H and O–H groups in total. The Balaban J connectivity index is 2.61. The molecular formula is C10H10O5. The highest BCUT2D eigenvalue weighted by Crippen LogP contribution is 2.09. The SMILES string of the molecule is Cc1ccc(C(=O)C(=O)CCC(=O)O)o1. The van der Waals surface area contributed by atoms with Crippen LogP contribution < -0.4 is 0 Å². The summed E-state index contributed by atoms with van der Waals surface area (Å²) in [5.74, 6) is -2.13. The van der Waals surface area contributed by atoms with E-state index in [1.165, 1.54) is 6.07 Å². The summed E-state index contributed by atoms with van der Waals surface area (Å²) in [5, 5.41) is 8.33. The van der Waals surface area contributed by atoms with Crippen molar-refractivity contribution in [2.45, 2.75) is 19.8 Å². The van der Waals surface area contributed by atoms with Crippen molar-refractivity contribution in [1.82, 2.24) is 0 Å². The summed E-state index contributed by atoms with van der Waals surface area (Å²) in [6.45, 7) is 1.65. The molecule has 0 aliphatic carbocycles. The minimum absolute atomic E-state index is 0.0390. The number of carboxylic acid groups (broad SMARTS) is 1. The molecule has 15 heavy (non-hydrogen) atoms. The molecule has 1 heterocycles. The topological polar surface area (TPSA) is 84.6 Å². The quantitative estimate of drug-likeness (QED) is 0.583. The summed E-state index contributed by atoms with van der Waals surface area (Å²) < 4.78 is 4.96. The number of ketones is 2. The molecule has 1 aromatic heterocycles. The molecule has 5 heteroatoms. The van der Waals surface area contributed by atoms with E-state index < -0.39 is 17.5 Å². The second-order valence-electron chi connectivity index (χ2n) is 3.06.